The lowest BCUT2D eigenvalue weighted by atomic mass is 9.95. The zero-order valence-corrected chi connectivity index (χ0v) is 12.4. The topological polar surface area (TPSA) is 32.7 Å². The first-order valence-corrected chi connectivity index (χ1v) is 7.21. The zero-order chi connectivity index (χ0) is 14.8. The summed E-state index contributed by atoms with van der Waals surface area (Å²) in [6.07, 6.45) is 0.647. The third kappa shape index (κ3) is 2.83. The van der Waals surface area contributed by atoms with Gasteiger partial charge in [0, 0.05) is 10.7 Å². The maximum Gasteiger partial charge on any atom is 0.256 e. The molecule has 2 aromatic carbocycles. The predicted molar refractivity (Wildman–Crippen MR) is 85.7 cm³/mol. The van der Waals surface area contributed by atoms with Crippen LogP contribution in [0.3, 0.4) is 0 Å². The molecule has 0 N–H and O–H groups in total. The minimum absolute atomic E-state index is 0.0219. The molecular weight excluding hydrogens is 284 g/mol. The number of nitrogens with zero attached hydrogens (tertiary/aromatic N) is 2. The minimum Gasteiger partial charge on any atom is -0.272 e. The van der Waals surface area contributed by atoms with Crippen LogP contribution in [0.25, 0.3) is 0 Å². The first-order chi connectivity index (χ1) is 10.1. The molecule has 0 radical (unpaired) electrons. The summed E-state index contributed by atoms with van der Waals surface area (Å²) in [4.78, 5) is 12.6. The third-order valence-electron chi connectivity index (χ3n) is 3.62. The van der Waals surface area contributed by atoms with Crippen LogP contribution in [0, 0.1) is 5.92 Å². The van der Waals surface area contributed by atoms with Crippen molar-refractivity contribution >= 4 is 28.9 Å². The van der Waals surface area contributed by atoms with Crippen molar-refractivity contribution in [2.75, 3.05) is 5.01 Å². The molecule has 0 unspecified atom stereocenters. The quantitative estimate of drug-likeness (QED) is 0.845. The SMILES string of the molecule is CC1=NN(c2ccccc2)C(=O)[C@H]1Cc1ccc(Cl)cc1. The molecule has 0 fully saturated rings. The number of para-hydroxylation sites is 1. The van der Waals surface area contributed by atoms with E-state index in [-0.39, 0.29) is 11.8 Å². The van der Waals surface area contributed by atoms with Crippen molar-refractivity contribution in [2.24, 2.45) is 11.0 Å². The van der Waals surface area contributed by atoms with Gasteiger partial charge in [0.05, 0.1) is 11.6 Å². The molecular formula is C17H15ClN2O. The molecule has 106 valence electrons. The molecule has 3 rings (SSSR count). The first-order valence-electron chi connectivity index (χ1n) is 6.84. The van der Waals surface area contributed by atoms with Crippen molar-refractivity contribution in [3.8, 4) is 0 Å². The molecule has 1 atom stereocenters. The Morgan fingerprint density at radius 3 is 2.43 bits per heavy atom. The van der Waals surface area contributed by atoms with Crippen LogP contribution in [-0.2, 0) is 11.2 Å². The normalized spacial score (nSPS) is 18.0. The highest BCUT2D eigenvalue weighted by molar-refractivity contribution is 6.30. The Labute approximate surface area is 128 Å². The fourth-order valence-corrected chi connectivity index (χ4v) is 2.57. The second kappa shape index (κ2) is 5.70. The predicted octanol–water partition coefficient (Wildman–Crippen LogP) is 3.92. The number of carbonyl (C=O) groups is 1. The van der Waals surface area contributed by atoms with Gasteiger partial charge in [0.25, 0.3) is 5.91 Å². The molecule has 1 aliphatic heterocycles. The van der Waals surface area contributed by atoms with Crippen molar-refractivity contribution in [3.63, 3.8) is 0 Å². The van der Waals surface area contributed by atoms with Crippen LogP contribution in [0.15, 0.2) is 59.7 Å². The molecule has 1 amide bonds. The summed E-state index contributed by atoms with van der Waals surface area (Å²) in [5, 5.41) is 6.61. The van der Waals surface area contributed by atoms with Crippen LogP contribution in [0.2, 0.25) is 5.02 Å². The fourth-order valence-electron chi connectivity index (χ4n) is 2.45. The Kier molecular flexibility index (Phi) is 3.76. The van der Waals surface area contributed by atoms with E-state index in [1.165, 1.54) is 5.01 Å². The summed E-state index contributed by atoms with van der Waals surface area (Å²) in [5.41, 5.74) is 2.74. The fraction of sp³-hybridized carbons (Fsp3) is 0.176. The van der Waals surface area contributed by atoms with E-state index in [4.69, 9.17) is 11.6 Å². The average molecular weight is 299 g/mol. The summed E-state index contributed by atoms with van der Waals surface area (Å²) in [7, 11) is 0. The lowest BCUT2D eigenvalue weighted by Gasteiger charge is -2.14. The molecule has 1 heterocycles. The number of benzene rings is 2. The van der Waals surface area contributed by atoms with Crippen LogP contribution < -0.4 is 5.01 Å². The number of carbonyl (C=O) groups excluding carboxylic acids is 1. The van der Waals surface area contributed by atoms with Crippen molar-refractivity contribution in [1.82, 2.24) is 0 Å². The van der Waals surface area contributed by atoms with Gasteiger partial charge >= 0.3 is 0 Å². The van der Waals surface area contributed by atoms with E-state index in [9.17, 15) is 4.79 Å². The Hall–Kier alpha value is -2.13. The summed E-state index contributed by atoms with van der Waals surface area (Å²) in [5.74, 6) is -0.181. The number of rotatable bonds is 3. The number of anilines is 1. The van der Waals surface area contributed by atoms with Gasteiger partial charge < -0.3 is 0 Å². The van der Waals surface area contributed by atoms with Crippen LogP contribution in [0.4, 0.5) is 5.69 Å². The van der Waals surface area contributed by atoms with Gasteiger partial charge in [-0.1, -0.05) is 41.9 Å². The monoisotopic (exact) mass is 298 g/mol. The molecule has 0 spiro atoms. The van der Waals surface area contributed by atoms with Gasteiger partial charge in [-0.05, 0) is 43.2 Å². The highest BCUT2D eigenvalue weighted by Gasteiger charge is 2.34. The van der Waals surface area contributed by atoms with Gasteiger partial charge in [-0.15, -0.1) is 0 Å². The van der Waals surface area contributed by atoms with E-state index < -0.39 is 0 Å². The highest BCUT2D eigenvalue weighted by Crippen LogP contribution is 2.26. The molecule has 4 heteroatoms. The number of amides is 1. The summed E-state index contributed by atoms with van der Waals surface area (Å²) in [6.45, 7) is 1.90. The van der Waals surface area contributed by atoms with E-state index >= 15 is 0 Å². The molecule has 0 saturated heterocycles. The van der Waals surface area contributed by atoms with E-state index in [0.29, 0.717) is 11.4 Å². The highest BCUT2D eigenvalue weighted by atomic mass is 35.5. The maximum atomic E-state index is 12.6. The van der Waals surface area contributed by atoms with E-state index in [0.717, 1.165) is 17.0 Å². The van der Waals surface area contributed by atoms with Crippen molar-refractivity contribution in [2.45, 2.75) is 13.3 Å². The second-order valence-electron chi connectivity index (χ2n) is 5.11. The Morgan fingerprint density at radius 2 is 1.76 bits per heavy atom. The Morgan fingerprint density at radius 1 is 1.10 bits per heavy atom. The molecule has 0 saturated carbocycles. The summed E-state index contributed by atoms with van der Waals surface area (Å²) in [6, 6.07) is 17.1. The third-order valence-corrected chi connectivity index (χ3v) is 3.87. The van der Waals surface area contributed by atoms with Gasteiger partial charge in [-0.2, -0.15) is 5.10 Å². The molecule has 1 aliphatic rings. The summed E-state index contributed by atoms with van der Waals surface area (Å²) < 4.78 is 0. The Balaban J connectivity index is 1.81. The number of hydrazone groups is 1. The second-order valence-corrected chi connectivity index (χ2v) is 5.55. The zero-order valence-electron chi connectivity index (χ0n) is 11.7. The van der Waals surface area contributed by atoms with E-state index in [2.05, 4.69) is 5.10 Å². The van der Waals surface area contributed by atoms with Gasteiger partial charge in [0.15, 0.2) is 0 Å². The van der Waals surface area contributed by atoms with Crippen LogP contribution >= 0.6 is 11.6 Å². The molecule has 2 aromatic rings. The number of hydrogen-bond acceptors (Lipinski definition) is 2. The van der Waals surface area contributed by atoms with Crippen molar-refractivity contribution in [3.05, 3.63) is 65.2 Å². The van der Waals surface area contributed by atoms with Gasteiger partial charge in [-0.25, -0.2) is 5.01 Å². The van der Waals surface area contributed by atoms with Crippen molar-refractivity contribution < 1.29 is 4.79 Å². The van der Waals surface area contributed by atoms with Gasteiger partial charge in [0.1, 0.15) is 0 Å². The average Bonchev–Trinajstić information content (AvgIpc) is 2.78. The first kappa shape index (κ1) is 13.8. The number of halogens is 1. The number of hydrogen-bond donors (Lipinski definition) is 0. The molecule has 0 aromatic heterocycles. The minimum atomic E-state index is -0.202. The summed E-state index contributed by atoms with van der Waals surface area (Å²) >= 11 is 5.89. The largest absolute Gasteiger partial charge is 0.272 e. The lowest BCUT2D eigenvalue weighted by Crippen LogP contribution is -2.28. The van der Waals surface area contributed by atoms with Crippen LogP contribution in [0.5, 0.6) is 0 Å². The maximum absolute atomic E-state index is 12.6. The smallest absolute Gasteiger partial charge is 0.256 e. The Bertz CT molecular complexity index is 680. The van der Waals surface area contributed by atoms with E-state index in [1.54, 1.807) is 0 Å². The lowest BCUT2D eigenvalue weighted by molar-refractivity contribution is -0.119. The van der Waals surface area contributed by atoms with Crippen LogP contribution in [-0.4, -0.2) is 11.6 Å². The molecule has 21 heavy (non-hydrogen) atoms. The molecule has 3 nitrogen and oxygen atoms in total. The van der Waals surface area contributed by atoms with Gasteiger partial charge in [0.2, 0.25) is 0 Å². The van der Waals surface area contributed by atoms with Crippen molar-refractivity contribution in [1.29, 1.82) is 0 Å². The van der Waals surface area contributed by atoms with Crippen LogP contribution in [0.1, 0.15) is 12.5 Å². The van der Waals surface area contributed by atoms with Gasteiger partial charge in [-0.3, -0.25) is 4.79 Å². The van der Waals surface area contributed by atoms with E-state index in [1.807, 2.05) is 61.5 Å². The molecule has 0 bridgehead atoms. The molecule has 0 aliphatic carbocycles. The standard InChI is InChI=1S/C17H15ClN2O/c1-12-16(11-13-7-9-14(18)10-8-13)17(21)20(19-12)15-5-3-2-4-6-15/h2-10,16H,11H2,1H3/t16-/m0/s1.